The number of hydrogen-bond acceptors (Lipinski definition) is 3. The van der Waals surface area contributed by atoms with E-state index in [4.69, 9.17) is 10.7 Å². The first-order chi connectivity index (χ1) is 8.49. The van der Waals surface area contributed by atoms with Crippen LogP contribution in [0.1, 0.15) is 74.0 Å². The molecule has 2 nitrogen and oxygen atoms in total. The smallest absolute Gasteiger partial charge is 0.0962 e. The molecule has 18 heavy (non-hydrogen) atoms. The molecule has 1 fully saturated rings. The topological polar surface area (TPSA) is 38.9 Å². The monoisotopic (exact) mass is 266 g/mol. The van der Waals surface area contributed by atoms with Gasteiger partial charge in [-0.1, -0.05) is 13.8 Å². The highest BCUT2D eigenvalue weighted by Gasteiger charge is 2.26. The van der Waals surface area contributed by atoms with Crippen molar-refractivity contribution in [3.8, 4) is 0 Å². The number of aryl methyl sites for hydroxylation is 1. The molecule has 0 spiro atoms. The molecule has 0 aromatic carbocycles. The van der Waals surface area contributed by atoms with Gasteiger partial charge in [-0.2, -0.15) is 0 Å². The highest BCUT2D eigenvalue weighted by molar-refractivity contribution is 7.11. The van der Waals surface area contributed by atoms with Gasteiger partial charge in [0.25, 0.3) is 0 Å². The second-order valence-electron chi connectivity index (χ2n) is 6.15. The molecule has 0 amide bonds. The van der Waals surface area contributed by atoms with Crippen molar-refractivity contribution in [1.82, 2.24) is 4.98 Å². The number of nitrogens with zero attached hydrogens (tertiary/aromatic N) is 1. The molecule has 0 saturated heterocycles. The van der Waals surface area contributed by atoms with Gasteiger partial charge in [0, 0.05) is 16.8 Å². The summed E-state index contributed by atoms with van der Waals surface area (Å²) in [5.41, 5.74) is 7.14. The van der Waals surface area contributed by atoms with E-state index in [1.807, 2.05) is 11.3 Å². The molecule has 1 atom stereocenters. The van der Waals surface area contributed by atoms with E-state index in [2.05, 4.69) is 27.7 Å². The van der Waals surface area contributed by atoms with Gasteiger partial charge in [-0.3, -0.25) is 0 Å². The molecular weight excluding hydrogens is 240 g/mol. The molecule has 0 bridgehead atoms. The summed E-state index contributed by atoms with van der Waals surface area (Å²) in [5.74, 6) is 2.45. The summed E-state index contributed by atoms with van der Waals surface area (Å²) in [7, 11) is 0. The average Bonchev–Trinajstić information content (AvgIpc) is 2.71. The Hall–Kier alpha value is -0.410. The molecule has 1 aliphatic rings. The maximum Gasteiger partial charge on any atom is 0.0962 e. The lowest BCUT2D eigenvalue weighted by Crippen LogP contribution is -2.17. The first-order valence-corrected chi connectivity index (χ1v) is 8.03. The molecule has 2 rings (SSSR count). The number of nitrogens with two attached hydrogens (primary N) is 1. The van der Waals surface area contributed by atoms with Crippen molar-refractivity contribution >= 4 is 11.3 Å². The van der Waals surface area contributed by atoms with Crippen molar-refractivity contribution in [2.24, 2.45) is 17.6 Å². The van der Waals surface area contributed by atoms with Crippen molar-refractivity contribution in [2.75, 3.05) is 0 Å². The highest BCUT2D eigenvalue weighted by atomic mass is 32.1. The summed E-state index contributed by atoms with van der Waals surface area (Å²) in [6, 6.07) is 0.128. The molecule has 1 unspecified atom stereocenters. The van der Waals surface area contributed by atoms with Crippen LogP contribution in [0.2, 0.25) is 0 Å². The molecule has 1 saturated carbocycles. The molecule has 1 aromatic heterocycles. The predicted molar refractivity (Wildman–Crippen MR) is 79.0 cm³/mol. The normalized spacial score (nSPS) is 26.6. The number of aromatic nitrogens is 1. The van der Waals surface area contributed by atoms with E-state index in [1.54, 1.807) is 0 Å². The van der Waals surface area contributed by atoms with Gasteiger partial charge in [-0.05, 0) is 51.4 Å². The third-order valence-corrected chi connectivity index (χ3v) is 5.85. The van der Waals surface area contributed by atoms with Crippen LogP contribution in [-0.4, -0.2) is 4.98 Å². The summed E-state index contributed by atoms with van der Waals surface area (Å²) >= 11 is 1.85. The molecule has 0 radical (unpaired) electrons. The van der Waals surface area contributed by atoms with Crippen LogP contribution in [0.4, 0.5) is 0 Å². The summed E-state index contributed by atoms with van der Waals surface area (Å²) in [5, 5.41) is 1.34. The van der Waals surface area contributed by atoms with Crippen LogP contribution in [-0.2, 0) is 0 Å². The van der Waals surface area contributed by atoms with Crippen molar-refractivity contribution in [3.05, 3.63) is 15.6 Å². The molecule has 1 heterocycles. The minimum atomic E-state index is 0.128. The second-order valence-corrected chi connectivity index (χ2v) is 7.21. The van der Waals surface area contributed by atoms with Crippen molar-refractivity contribution < 1.29 is 0 Å². The van der Waals surface area contributed by atoms with Gasteiger partial charge in [0.2, 0.25) is 0 Å². The maximum atomic E-state index is 5.99. The van der Waals surface area contributed by atoms with Gasteiger partial charge in [-0.15, -0.1) is 11.3 Å². The number of thiazole rings is 1. The van der Waals surface area contributed by atoms with Crippen LogP contribution < -0.4 is 5.73 Å². The average molecular weight is 266 g/mol. The van der Waals surface area contributed by atoms with Crippen molar-refractivity contribution in [1.29, 1.82) is 0 Å². The minimum absolute atomic E-state index is 0.128. The number of hydrogen-bond donors (Lipinski definition) is 1. The third-order valence-electron chi connectivity index (χ3n) is 4.33. The summed E-state index contributed by atoms with van der Waals surface area (Å²) < 4.78 is 0. The minimum Gasteiger partial charge on any atom is -0.323 e. The Morgan fingerprint density at radius 1 is 1.17 bits per heavy atom. The van der Waals surface area contributed by atoms with E-state index in [0.29, 0.717) is 5.92 Å². The van der Waals surface area contributed by atoms with Crippen LogP contribution in [0.15, 0.2) is 0 Å². The zero-order chi connectivity index (χ0) is 13.3. The second kappa shape index (κ2) is 5.70. The third kappa shape index (κ3) is 2.94. The van der Waals surface area contributed by atoms with E-state index < -0.39 is 0 Å². The summed E-state index contributed by atoms with van der Waals surface area (Å²) in [6.45, 7) is 8.86. The standard InChI is InChI=1S/C15H26N2S/c1-9(2)12-5-7-13(8-6-12)15-17-11(4)14(18-15)10(3)16/h9-10,12-13H,5-8,16H2,1-4H3. The lowest BCUT2D eigenvalue weighted by molar-refractivity contribution is 0.258. The number of rotatable bonds is 3. The Balaban J connectivity index is 2.03. The van der Waals surface area contributed by atoms with E-state index in [0.717, 1.165) is 17.5 Å². The van der Waals surface area contributed by atoms with Crippen LogP contribution in [0.5, 0.6) is 0 Å². The van der Waals surface area contributed by atoms with Gasteiger partial charge in [0.15, 0.2) is 0 Å². The van der Waals surface area contributed by atoms with Crippen LogP contribution in [0.25, 0.3) is 0 Å². The van der Waals surface area contributed by atoms with Gasteiger partial charge >= 0.3 is 0 Å². The van der Waals surface area contributed by atoms with Crippen molar-refractivity contribution in [3.63, 3.8) is 0 Å². The lowest BCUT2D eigenvalue weighted by Gasteiger charge is -2.29. The molecule has 1 aromatic rings. The highest BCUT2D eigenvalue weighted by Crippen LogP contribution is 2.41. The summed E-state index contributed by atoms with van der Waals surface area (Å²) in [4.78, 5) is 6.04. The van der Waals surface area contributed by atoms with Crippen LogP contribution in [0.3, 0.4) is 0 Å². The summed E-state index contributed by atoms with van der Waals surface area (Å²) in [6.07, 6.45) is 5.37. The van der Waals surface area contributed by atoms with Gasteiger partial charge in [-0.25, -0.2) is 4.98 Å². The predicted octanol–water partition coefficient (Wildman–Crippen LogP) is 4.40. The first kappa shape index (κ1) is 14.0. The Bertz CT molecular complexity index is 387. The Morgan fingerprint density at radius 3 is 2.22 bits per heavy atom. The van der Waals surface area contributed by atoms with Gasteiger partial charge < -0.3 is 5.73 Å². The fraction of sp³-hybridized carbons (Fsp3) is 0.800. The zero-order valence-corrected chi connectivity index (χ0v) is 12.9. The van der Waals surface area contributed by atoms with E-state index in [1.165, 1.54) is 35.6 Å². The lowest BCUT2D eigenvalue weighted by atomic mass is 9.77. The fourth-order valence-corrected chi connectivity index (χ4v) is 4.25. The Morgan fingerprint density at radius 2 is 1.78 bits per heavy atom. The molecule has 1 aliphatic carbocycles. The van der Waals surface area contributed by atoms with E-state index in [9.17, 15) is 0 Å². The van der Waals surface area contributed by atoms with Gasteiger partial charge in [0.05, 0.1) is 10.7 Å². The molecule has 102 valence electrons. The first-order valence-electron chi connectivity index (χ1n) is 7.21. The SMILES string of the molecule is Cc1nc(C2CCC(C(C)C)CC2)sc1C(C)N. The molecule has 3 heteroatoms. The zero-order valence-electron chi connectivity index (χ0n) is 12.1. The van der Waals surface area contributed by atoms with Gasteiger partial charge in [0.1, 0.15) is 0 Å². The fourth-order valence-electron chi connectivity index (χ4n) is 3.06. The quantitative estimate of drug-likeness (QED) is 0.880. The van der Waals surface area contributed by atoms with Crippen LogP contribution >= 0.6 is 11.3 Å². The van der Waals surface area contributed by atoms with Crippen LogP contribution in [0, 0.1) is 18.8 Å². The Kier molecular flexibility index (Phi) is 4.44. The van der Waals surface area contributed by atoms with E-state index >= 15 is 0 Å². The van der Waals surface area contributed by atoms with E-state index in [-0.39, 0.29) is 6.04 Å². The molecule has 0 aliphatic heterocycles. The van der Waals surface area contributed by atoms with Crippen molar-refractivity contribution in [2.45, 2.75) is 65.3 Å². The Labute approximate surface area is 115 Å². The maximum absolute atomic E-state index is 5.99. The largest absolute Gasteiger partial charge is 0.323 e. The molecule has 2 N–H and O–H groups in total. The molecular formula is C15H26N2S.